The number of amides is 1. The van der Waals surface area contributed by atoms with Crippen molar-refractivity contribution >= 4 is 29.4 Å². The molecule has 5 rings (SSSR count). The molecular weight excluding hydrogens is 478 g/mol. The molecule has 0 bridgehead atoms. The highest BCUT2D eigenvalue weighted by molar-refractivity contribution is 6.31. The minimum atomic E-state index is -0.205. The minimum Gasteiger partial charge on any atom is -0.497 e. The van der Waals surface area contributed by atoms with Crippen LogP contribution in [0.25, 0.3) is 0 Å². The van der Waals surface area contributed by atoms with Gasteiger partial charge in [0, 0.05) is 5.02 Å². The van der Waals surface area contributed by atoms with Gasteiger partial charge in [0.05, 0.1) is 32.7 Å². The molecule has 2 atom stereocenters. The molecule has 0 saturated carbocycles. The van der Waals surface area contributed by atoms with Crippen molar-refractivity contribution in [2.45, 2.75) is 24.9 Å². The number of aromatic nitrogens is 3. The summed E-state index contributed by atoms with van der Waals surface area (Å²) in [6.45, 7) is 0. The Hall–Kier alpha value is -4.04. The summed E-state index contributed by atoms with van der Waals surface area (Å²) < 4.78 is 12.3. The number of fused-ring (bicyclic) bond motifs is 1. The minimum absolute atomic E-state index is 0.0308. The first-order chi connectivity index (χ1) is 17.5. The number of anilines is 2. The van der Waals surface area contributed by atoms with Gasteiger partial charge in [0.25, 0.3) is 5.95 Å². The molecule has 1 amide bonds. The van der Waals surface area contributed by atoms with E-state index < -0.39 is 0 Å². The Morgan fingerprint density at radius 1 is 1.03 bits per heavy atom. The number of nitrogens with zero attached hydrogens (tertiary/aromatic N) is 3. The van der Waals surface area contributed by atoms with Gasteiger partial charge in [0.2, 0.25) is 11.9 Å². The summed E-state index contributed by atoms with van der Waals surface area (Å²) in [7, 11) is 3.26. The van der Waals surface area contributed by atoms with Crippen LogP contribution in [0.15, 0.2) is 72.8 Å². The number of halogens is 1. The second kappa shape index (κ2) is 10.3. The quantitative estimate of drug-likeness (QED) is 0.357. The van der Waals surface area contributed by atoms with E-state index in [9.17, 15) is 4.79 Å². The average molecular weight is 504 g/mol. The van der Waals surface area contributed by atoms with Crippen molar-refractivity contribution in [1.82, 2.24) is 14.8 Å². The van der Waals surface area contributed by atoms with Gasteiger partial charge in [-0.1, -0.05) is 54.1 Å². The molecule has 3 aromatic carbocycles. The van der Waals surface area contributed by atoms with Crippen molar-refractivity contribution in [3.8, 4) is 11.5 Å². The van der Waals surface area contributed by atoms with E-state index in [0.29, 0.717) is 17.4 Å². The van der Waals surface area contributed by atoms with E-state index in [0.717, 1.165) is 28.2 Å². The molecule has 2 heterocycles. The number of hydrogen-bond acceptors (Lipinski definition) is 6. The molecule has 0 saturated heterocycles. The zero-order chi connectivity index (χ0) is 25.1. The maximum Gasteiger partial charge on any atom is 0.250 e. The second-order valence-corrected chi connectivity index (χ2v) is 8.93. The lowest BCUT2D eigenvalue weighted by Crippen LogP contribution is -2.28. The fourth-order valence-electron chi connectivity index (χ4n) is 4.39. The molecule has 1 aromatic heterocycles. The summed E-state index contributed by atoms with van der Waals surface area (Å²) in [4.78, 5) is 17.3. The van der Waals surface area contributed by atoms with Gasteiger partial charge in [-0.15, -0.1) is 5.10 Å². The number of hydrogen-bond donors (Lipinski definition) is 2. The molecule has 184 valence electrons. The molecule has 0 aliphatic carbocycles. The third-order valence-corrected chi connectivity index (χ3v) is 6.59. The Balaban J connectivity index is 1.41. The van der Waals surface area contributed by atoms with Crippen LogP contribution in [-0.2, 0) is 11.2 Å². The summed E-state index contributed by atoms with van der Waals surface area (Å²) >= 11 is 6.58. The maximum atomic E-state index is 12.7. The van der Waals surface area contributed by atoms with Crippen LogP contribution in [0.2, 0.25) is 5.02 Å². The summed E-state index contributed by atoms with van der Waals surface area (Å²) in [5.74, 6) is 2.13. The van der Waals surface area contributed by atoms with E-state index in [1.807, 2.05) is 72.8 Å². The molecular formula is C27H26ClN5O3. The molecule has 1 aliphatic rings. The average Bonchev–Trinajstić information content (AvgIpc) is 3.31. The standard InChI is InChI=1S/C27H26ClN5O3/c1-35-19-11-7-17(8-12-19)15-25(34)30-26-31-27-29-23(18-9-13-20(36-2)14-10-18)16-24(33(27)32-26)21-5-3-4-6-22(21)28/h3-14,23-24H,15-16H2,1-2H3,(H2,29,30,31,32,34)/t23-,24-/m0/s1. The highest BCUT2D eigenvalue weighted by Gasteiger charge is 2.32. The van der Waals surface area contributed by atoms with E-state index in [2.05, 4.69) is 20.7 Å². The van der Waals surface area contributed by atoms with Gasteiger partial charge in [-0.2, -0.15) is 4.98 Å². The number of benzene rings is 3. The predicted molar refractivity (Wildman–Crippen MR) is 139 cm³/mol. The first-order valence-electron chi connectivity index (χ1n) is 11.6. The zero-order valence-corrected chi connectivity index (χ0v) is 20.7. The van der Waals surface area contributed by atoms with Crippen LogP contribution >= 0.6 is 11.6 Å². The van der Waals surface area contributed by atoms with Crippen molar-refractivity contribution in [3.05, 3.63) is 94.5 Å². The van der Waals surface area contributed by atoms with Crippen LogP contribution in [0.1, 0.15) is 35.2 Å². The normalized spacial score (nSPS) is 16.5. The van der Waals surface area contributed by atoms with E-state index >= 15 is 0 Å². The molecule has 0 spiro atoms. The monoisotopic (exact) mass is 503 g/mol. The van der Waals surface area contributed by atoms with Gasteiger partial charge in [0.1, 0.15) is 11.5 Å². The van der Waals surface area contributed by atoms with Crippen LogP contribution in [0.3, 0.4) is 0 Å². The predicted octanol–water partition coefficient (Wildman–Crippen LogP) is 5.28. The van der Waals surface area contributed by atoms with Gasteiger partial charge in [-0.05, 0) is 53.4 Å². The van der Waals surface area contributed by atoms with Crippen LogP contribution in [0.4, 0.5) is 11.9 Å². The third kappa shape index (κ3) is 4.99. The molecule has 0 unspecified atom stereocenters. The van der Waals surface area contributed by atoms with Gasteiger partial charge in [-0.25, -0.2) is 4.68 Å². The Labute approximate surface area is 214 Å². The summed E-state index contributed by atoms with van der Waals surface area (Å²) in [6, 6.07) is 22.8. The number of methoxy groups -OCH3 is 2. The van der Waals surface area contributed by atoms with Crippen molar-refractivity contribution in [3.63, 3.8) is 0 Å². The van der Waals surface area contributed by atoms with Crippen LogP contribution < -0.4 is 20.1 Å². The van der Waals surface area contributed by atoms with E-state index in [4.69, 9.17) is 21.1 Å². The van der Waals surface area contributed by atoms with Crippen LogP contribution in [0, 0.1) is 0 Å². The van der Waals surface area contributed by atoms with Crippen LogP contribution in [-0.4, -0.2) is 34.9 Å². The van der Waals surface area contributed by atoms with Crippen LogP contribution in [0.5, 0.6) is 11.5 Å². The Morgan fingerprint density at radius 3 is 2.36 bits per heavy atom. The molecule has 4 aromatic rings. The molecule has 36 heavy (non-hydrogen) atoms. The van der Waals surface area contributed by atoms with Crippen molar-refractivity contribution in [1.29, 1.82) is 0 Å². The summed E-state index contributed by atoms with van der Waals surface area (Å²) in [6.07, 6.45) is 0.898. The highest BCUT2D eigenvalue weighted by atomic mass is 35.5. The molecule has 2 N–H and O–H groups in total. The smallest absolute Gasteiger partial charge is 0.250 e. The number of nitrogens with one attached hydrogen (secondary N) is 2. The lowest BCUT2D eigenvalue weighted by molar-refractivity contribution is -0.115. The molecule has 9 heteroatoms. The first-order valence-corrected chi connectivity index (χ1v) is 12.0. The number of carbonyl (C=O) groups is 1. The Morgan fingerprint density at radius 2 is 1.69 bits per heavy atom. The SMILES string of the molecule is COc1ccc(CC(=O)Nc2nc3n(n2)[C@H](c2ccccc2Cl)C[C@@H](c2ccc(OC)cc2)N3)cc1. The molecule has 0 fully saturated rings. The van der Waals surface area contributed by atoms with E-state index in [-0.39, 0.29) is 30.4 Å². The molecule has 1 aliphatic heterocycles. The van der Waals surface area contributed by atoms with Crippen molar-refractivity contribution < 1.29 is 14.3 Å². The largest absolute Gasteiger partial charge is 0.497 e. The Kier molecular flexibility index (Phi) is 6.77. The zero-order valence-electron chi connectivity index (χ0n) is 19.9. The maximum absolute atomic E-state index is 12.7. The van der Waals surface area contributed by atoms with Crippen molar-refractivity contribution in [2.24, 2.45) is 0 Å². The van der Waals surface area contributed by atoms with Crippen molar-refractivity contribution in [2.75, 3.05) is 24.9 Å². The summed E-state index contributed by atoms with van der Waals surface area (Å²) in [5.41, 5.74) is 2.90. The number of rotatable bonds is 7. The first kappa shape index (κ1) is 23.7. The van der Waals surface area contributed by atoms with Gasteiger partial charge >= 0.3 is 0 Å². The molecule has 0 radical (unpaired) electrons. The van der Waals surface area contributed by atoms with E-state index in [1.165, 1.54) is 0 Å². The second-order valence-electron chi connectivity index (χ2n) is 8.52. The highest BCUT2D eigenvalue weighted by Crippen LogP contribution is 2.40. The van der Waals surface area contributed by atoms with Gasteiger partial charge < -0.3 is 14.8 Å². The fourth-order valence-corrected chi connectivity index (χ4v) is 4.65. The number of carbonyl (C=O) groups excluding carboxylic acids is 1. The lowest BCUT2D eigenvalue weighted by atomic mass is 9.93. The summed E-state index contributed by atoms with van der Waals surface area (Å²) in [5, 5.41) is 11.6. The lowest BCUT2D eigenvalue weighted by Gasteiger charge is -2.32. The van der Waals surface area contributed by atoms with Gasteiger partial charge in [-0.3, -0.25) is 10.1 Å². The Bertz CT molecular complexity index is 1350. The fraction of sp³-hybridized carbons (Fsp3) is 0.222. The third-order valence-electron chi connectivity index (χ3n) is 6.25. The number of ether oxygens (including phenoxy) is 2. The van der Waals surface area contributed by atoms with E-state index in [1.54, 1.807) is 18.9 Å². The topological polar surface area (TPSA) is 90.3 Å². The molecule has 8 nitrogen and oxygen atoms in total. The van der Waals surface area contributed by atoms with Gasteiger partial charge in [0.15, 0.2) is 0 Å².